The van der Waals surface area contributed by atoms with Gasteiger partial charge in [-0.1, -0.05) is 44.5 Å². The van der Waals surface area contributed by atoms with Crippen molar-refractivity contribution in [2.24, 2.45) is 7.05 Å². The molecule has 4 rings (SSSR count). The number of hydrogen-bond acceptors (Lipinski definition) is 6. The van der Waals surface area contributed by atoms with E-state index in [1.54, 1.807) is 17.8 Å². The summed E-state index contributed by atoms with van der Waals surface area (Å²) in [6.07, 6.45) is 3.56. The minimum absolute atomic E-state index is 0.0843. The molecule has 0 radical (unpaired) electrons. The van der Waals surface area contributed by atoms with Crippen LogP contribution < -0.4 is 10.3 Å². The quantitative estimate of drug-likeness (QED) is 0.438. The Morgan fingerprint density at radius 3 is 2.61 bits per heavy atom. The van der Waals surface area contributed by atoms with Gasteiger partial charge in [0.1, 0.15) is 18.3 Å². The molecule has 0 saturated heterocycles. The summed E-state index contributed by atoms with van der Waals surface area (Å²) in [6, 6.07) is 11.2. The number of halogens is 1. The highest BCUT2D eigenvalue weighted by atomic mass is 35.5. The van der Waals surface area contributed by atoms with Crippen molar-refractivity contribution in [3.63, 3.8) is 0 Å². The Bertz CT molecular complexity index is 1370. The fourth-order valence-corrected chi connectivity index (χ4v) is 3.53. The average molecular weight is 465 g/mol. The van der Waals surface area contributed by atoms with Crippen LogP contribution in [0.3, 0.4) is 0 Å². The van der Waals surface area contributed by atoms with Gasteiger partial charge in [0.15, 0.2) is 5.02 Å². The molecule has 4 aromatic rings. The van der Waals surface area contributed by atoms with Gasteiger partial charge < -0.3 is 4.74 Å². The summed E-state index contributed by atoms with van der Waals surface area (Å²) < 4.78 is 8.81. The summed E-state index contributed by atoms with van der Waals surface area (Å²) >= 11 is 6.35. The molecule has 8 nitrogen and oxygen atoms in total. The molecule has 0 unspecified atom stereocenters. The van der Waals surface area contributed by atoms with Crippen molar-refractivity contribution in [3.05, 3.63) is 81.5 Å². The summed E-state index contributed by atoms with van der Waals surface area (Å²) in [4.78, 5) is 26.7. The molecule has 33 heavy (non-hydrogen) atoms. The molecular formula is C24H25ClN6O2. The van der Waals surface area contributed by atoms with Crippen molar-refractivity contribution in [2.75, 3.05) is 0 Å². The second kappa shape index (κ2) is 8.78. The Morgan fingerprint density at radius 2 is 1.91 bits per heavy atom. The van der Waals surface area contributed by atoms with Crippen LogP contribution in [0.2, 0.25) is 5.02 Å². The van der Waals surface area contributed by atoms with Crippen molar-refractivity contribution in [3.8, 4) is 22.8 Å². The van der Waals surface area contributed by atoms with Gasteiger partial charge in [0.25, 0.3) is 5.56 Å². The molecule has 0 N–H and O–H groups in total. The van der Waals surface area contributed by atoms with E-state index in [-0.39, 0.29) is 22.9 Å². The molecule has 3 heterocycles. The largest absolute Gasteiger partial charge is 0.470 e. The molecule has 9 heteroatoms. The van der Waals surface area contributed by atoms with Crippen LogP contribution in [0.5, 0.6) is 5.88 Å². The Labute approximate surface area is 196 Å². The molecule has 0 spiro atoms. The Kier molecular flexibility index (Phi) is 6.03. The first kappa shape index (κ1) is 22.7. The molecule has 0 amide bonds. The summed E-state index contributed by atoms with van der Waals surface area (Å²) in [6.45, 7) is 8.10. The highest BCUT2D eigenvalue weighted by Crippen LogP contribution is 2.25. The Balaban J connectivity index is 1.69. The highest BCUT2D eigenvalue weighted by molar-refractivity contribution is 6.31. The van der Waals surface area contributed by atoms with Crippen molar-refractivity contribution >= 4 is 11.6 Å². The van der Waals surface area contributed by atoms with Gasteiger partial charge in [-0.15, -0.1) is 0 Å². The van der Waals surface area contributed by atoms with E-state index in [2.05, 4.69) is 35.8 Å². The van der Waals surface area contributed by atoms with Crippen LogP contribution in [-0.2, 0) is 19.1 Å². The molecule has 0 aliphatic heterocycles. The molecule has 0 aliphatic carbocycles. The van der Waals surface area contributed by atoms with Crippen molar-refractivity contribution < 1.29 is 4.74 Å². The van der Waals surface area contributed by atoms with E-state index < -0.39 is 5.56 Å². The predicted octanol–water partition coefficient (Wildman–Crippen LogP) is 4.26. The molecule has 3 aromatic heterocycles. The standard InChI is InChI=1S/C24H25ClN6O2/c1-15-27-21(33-14-17-10-12-30(5)29-17)20(25)22(32)31(15)18-8-6-7-16(13-18)19-9-11-26-23(28-19)24(2,3)4/h6-13H,14H2,1-5H3. The maximum atomic E-state index is 13.1. The van der Waals surface area contributed by atoms with E-state index in [4.69, 9.17) is 21.3 Å². The fourth-order valence-electron chi connectivity index (χ4n) is 3.35. The summed E-state index contributed by atoms with van der Waals surface area (Å²) in [5.74, 6) is 1.29. The van der Waals surface area contributed by atoms with Crippen LogP contribution in [0.25, 0.3) is 16.9 Å². The lowest BCUT2D eigenvalue weighted by atomic mass is 9.95. The number of aromatic nitrogens is 6. The third kappa shape index (κ3) is 4.80. The van der Waals surface area contributed by atoms with E-state index in [1.165, 1.54) is 4.57 Å². The lowest BCUT2D eigenvalue weighted by Gasteiger charge is -2.17. The lowest BCUT2D eigenvalue weighted by Crippen LogP contribution is -2.23. The van der Waals surface area contributed by atoms with Gasteiger partial charge in [0.2, 0.25) is 5.88 Å². The molecule has 170 valence electrons. The predicted molar refractivity (Wildman–Crippen MR) is 127 cm³/mol. The van der Waals surface area contributed by atoms with Gasteiger partial charge in [-0.25, -0.2) is 9.97 Å². The Hall–Kier alpha value is -3.52. The molecule has 0 saturated carbocycles. The number of rotatable bonds is 5. The van der Waals surface area contributed by atoms with E-state index in [1.807, 2.05) is 49.6 Å². The number of ether oxygens (including phenoxy) is 1. The first-order valence-corrected chi connectivity index (χ1v) is 10.9. The second-order valence-corrected chi connectivity index (χ2v) is 9.13. The van der Waals surface area contributed by atoms with Gasteiger partial charge in [-0.05, 0) is 31.2 Å². The van der Waals surface area contributed by atoms with E-state index in [0.717, 1.165) is 17.1 Å². The number of benzene rings is 1. The monoisotopic (exact) mass is 464 g/mol. The molecule has 0 aliphatic rings. The zero-order valence-electron chi connectivity index (χ0n) is 19.2. The second-order valence-electron chi connectivity index (χ2n) is 8.75. The highest BCUT2D eigenvalue weighted by Gasteiger charge is 2.19. The normalized spacial score (nSPS) is 11.6. The minimum atomic E-state index is -0.407. The minimum Gasteiger partial charge on any atom is -0.470 e. The summed E-state index contributed by atoms with van der Waals surface area (Å²) in [5, 5.41) is 4.17. The van der Waals surface area contributed by atoms with Crippen LogP contribution in [0.15, 0.2) is 53.6 Å². The number of nitrogens with zero attached hydrogens (tertiary/aromatic N) is 6. The van der Waals surface area contributed by atoms with Crippen molar-refractivity contribution in [1.82, 2.24) is 29.3 Å². The fraction of sp³-hybridized carbons (Fsp3) is 0.292. The van der Waals surface area contributed by atoms with E-state index in [9.17, 15) is 4.79 Å². The zero-order chi connectivity index (χ0) is 23.8. The first-order chi connectivity index (χ1) is 15.6. The molecule has 1 aromatic carbocycles. The van der Waals surface area contributed by atoms with Crippen molar-refractivity contribution in [2.45, 2.75) is 39.7 Å². The lowest BCUT2D eigenvalue weighted by molar-refractivity contribution is 0.286. The third-order valence-electron chi connectivity index (χ3n) is 5.02. The number of hydrogen-bond donors (Lipinski definition) is 0. The van der Waals surface area contributed by atoms with Crippen LogP contribution in [0.4, 0.5) is 0 Å². The van der Waals surface area contributed by atoms with Crippen LogP contribution >= 0.6 is 11.6 Å². The smallest absolute Gasteiger partial charge is 0.280 e. The molecular weight excluding hydrogens is 440 g/mol. The Morgan fingerprint density at radius 1 is 1.12 bits per heavy atom. The first-order valence-electron chi connectivity index (χ1n) is 10.5. The van der Waals surface area contributed by atoms with Crippen LogP contribution in [-0.4, -0.2) is 29.3 Å². The molecule has 0 fully saturated rings. The van der Waals surface area contributed by atoms with Crippen LogP contribution in [0, 0.1) is 6.92 Å². The number of aryl methyl sites for hydroxylation is 2. The SMILES string of the molecule is Cc1nc(OCc2ccn(C)n2)c(Cl)c(=O)n1-c1cccc(-c2ccnc(C(C)(C)C)n2)c1. The maximum Gasteiger partial charge on any atom is 0.280 e. The van der Waals surface area contributed by atoms with Gasteiger partial charge in [-0.3, -0.25) is 14.0 Å². The average Bonchev–Trinajstić information content (AvgIpc) is 3.20. The van der Waals surface area contributed by atoms with Gasteiger partial charge >= 0.3 is 0 Å². The van der Waals surface area contributed by atoms with Gasteiger partial charge in [-0.2, -0.15) is 10.1 Å². The van der Waals surface area contributed by atoms with E-state index in [0.29, 0.717) is 17.2 Å². The maximum absolute atomic E-state index is 13.1. The molecule has 0 atom stereocenters. The van der Waals surface area contributed by atoms with Crippen molar-refractivity contribution in [1.29, 1.82) is 0 Å². The van der Waals surface area contributed by atoms with Crippen LogP contribution in [0.1, 0.15) is 38.1 Å². The third-order valence-corrected chi connectivity index (χ3v) is 5.34. The van der Waals surface area contributed by atoms with E-state index >= 15 is 0 Å². The molecule has 0 bridgehead atoms. The van der Waals surface area contributed by atoms with Gasteiger partial charge in [0, 0.05) is 30.4 Å². The zero-order valence-corrected chi connectivity index (χ0v) is 20.0. The topological polar surface area (TPSA) is 87.7 Å². The van der Waals surface area contributed by atoms with Gasteiger partial charge in [0.05, 0.1) is 17.1 Å². The summed E-state index contributed by atoms with van der Waals surface area (Å²) in [5.41, 5.74) is 2.40. The summed E-state index contributed by atoms with van der Waals surface area (Å²) in [7, 11) is 1.82.